The van der Waals surface area contributed by atoms with Crippen LogP contribution in [0.4, 0.5) is 0 Å². The van der Waals surface area contributed by atoms with Crippen molar-refractivity contribution in [3.05, 3.63) is 153 Å². The van der Waals surface area contributed by atoms with Gasteiger partial charge in [0.1, 0.15) is 0 Å². The summed E-state index contributed by atoms with van der Waals surface area (Å²) in [6.07, 6.45) is 0. The number of hydrogen-bond acceptors (Lipinski definition) is 0. The predicted octanol–water partition coefficient (Wildman–Crippen LogP) is 13.4. The molecule has 0 aliphatic heterocycles. The fourth-order valence-corrected chi connectivity index (χ4v) is 9.90. The van der Waals surface area contributed by atoms with Crippen LogP contribution in [0.5, 0.6) is 0 Å². The van der Waals surface area contributed by atoms with E-state index in [1.165, 1.54) is 32.7 Å². The van der Waals surface area contributed by atoms with Gasteiger partial charge in [-0.2, -0.15) is 18.2 Å². The third-order valence-electron chi connectivity index (χ3n) is 7.45. The van der Waals surface area contributed by atoms with Gasteiger partial charge < -0.3 is 0 Å². The summed E-state index contributed by atoms with van der Waals surface area (Å²) in [5, 5.41) is 5.48. The van der Waals surface area contributed by atoms with Crippen LogP contribution in [-0.4, -0.2) is 3.21 Å². The first kappa shape index (κ1) is 35.3. The zero-order valence-corrected chi connectivity index (χ0v) is 33.2. The second-order valence-electron chi connectivity index (χ2n) is 12.9. The van der Waals surface area contributed by atoms with Crippen molar-refractivity contribution in [2.45, 2.75) is 52.4 Å². The van der Waals surface area contributed by atoms with Gasteiger partial charge in [-0.1, -0.05) is 76.9 Å². The molecule has 0 fully saturated rings. The van der Waals surface area contributed by atoms with Crippen molar-refractivity contribution in [2.75, 3.05) is 0 Å². The molecule has 0 aliphatic carbocycles. The fourth-order valence-electron chi connectivity index (χ4n) is 4.89. The molecule has 0 atom stereocenters. The summed E-state index contributed by atoms with van der Waals surface area (Å²) in [6, 6.07) is 42.4. The first-order chi connectivity index (χ1) is 20.7. The molecule has 6 aromatic carbocycles. The van der Waals surface area contributed by atoms with Crippen LogP contribution in [0, 0.1) is 0 Å². The molecule has 6 aromatic rings. The minimum Gasteiger partial charge on any atom is -0.214 e. The summed E-state index contributed by atoms with van der Waals surface area (Å²) in [5.74, 6) is 0. The standard InChI is InChI=1S/C21H25.C13H8Br2.C5H5.2ClH.Zr/c1-20(2,3)16-7-9-18-14(12-16)11-15-13-17(21(4,5)6)8-10-19(15)18;14-12-5-1-10(2-6-12)9-11-3-7-13(15)8-4-11;1-2-4-5-3-1;;;/h7-13H,1-6H3;1-8H;1-5H;2*1H;/q-1;;-1;;;+2/p-2. The van der Waals surface area contributed by atoms with Gasteiger partial charge in [0, 0.05) is 0 Å². The van der Waals surface area contributed by atoms with E-state index in [1.54, 1.807) is 0 Å². The van der Waals surface area contributed by atoms with Crippen molar-refractivity contribution in [2.24, 2.45) is 0 Å². The van der Waals surface area contributed by atoms with E-state index >= 15 is 0 Å². The summed E-state index contributed by atoms with van der Waals surface area (Å²) in [5.41, 5.74) is 5.44. The predicted molar refractivity (Wildman–Crippen MR) is 200 cm³/mol. The molecule has 6 rings (SSSR count). The molecule has 0 aromatic heterocycles. The van der Waals surface area contributed by atoms with E-state index in [9.17, 15) is 0 Å². The number of fused-ring (bicyclic) bond motifs is 3. The Balaban J connectivity index is 0.000000175. The molecule has 0 saturated heterocycles. The molecule has 0 nitrogen and oxygen atoms in total. The van der Waals surface area contributed by atoms with Crippen LogP contribution in [-0.2, 0) is 29.7 Å². The van der Waals surface area contributed by atoms with E-state index < -0.39 is 18.9 Å². The topological polar surface area (TPSA) is 0 Å². The van der Waals surface area contributed by atoms with E-state index in [-0.39, 0.29) is 10.8 Å². The molecule has 0 radical (unpaired) electrons. The van der Waals surface area contributed by atoms with Gasteiger partial charge in [0.05, 0.1) is 0 Å². The molecule has 0 heterocycles. The smallest absolute Gasteiger partial charge is 0.172 e. The Hall–Kier alpha value is -1.61. The van der Waals surface area contributed by atoms with Crippen LogP contribution in [0.25, 0.3) is 21.5 Å². The molecular formula is C39H38Br2Cl2Zr-2. The molecular weight excluding hydrogens is 790 g/mol. The summed E-state index contributed by atoms with van der Waals surface area (Å²) in [4.78, 5) is 0. The molecule has 44 heavy (non-hydrogen) atoms. The van der Waals surface area contributed by atoms with Crippen molar-refractivity contribution >= 4 is 73.6 Å². The summed E-state index contributed by atoms with van der Waals surface area (Å²) in [7, 11) is 12.6. The number of rotatable bonds is 2. The fraction of sp³-hybridized carbons (Fsp3) is 0.205. The minimum atomic E-state index is -2.51. The molecule has 5 heteroatoms. The van der Waals surface area contributed by atoms with Crippen molar-refractivity contribution < 1.29 is 18.9 Å². The maximum Gasteiger partial charge on any atom is -0.172 e. The summed E-state index contributed by atoms with van der Waals surface area (Å²) in [6.45, 7) is 13.6. The average Bonchev–Trinajstić information content (AvgIpc) is 3.66. The average molecular weight is 829 g/mol. The molecule has 228 valence electrons. The van der Waals surface area contributed by atoms with Crippen LogP contribution in [0.1, 0.15) is 63.8 Å². The van der Waals surface area contributed by atoms with Crippen molar-refractivity contribution in [1.29, 1.82) is 0 Å². The van der Waals surface area contributed by atoms with E-state index in [2.05, 4.69) is 116 Å². The molecule has 0 unspecified atom stereocenters. The van der Waals surface area contributed by atoms with Crippen molar-refractivity contribution in [3.8, 4) is 0 Å². The van der Waals surface area contributed by atoms with Crippen LogP contribution in [0.15, 0.2) is 130 Å². The van der Waals surface area contributed by atoms with E-state index in [4.69, 9.17) is 17.0 Å². The molecule has 0 amide bonds. The molecule has 0 saturated carbocycles. The first-order valence-electron chi connectivity index (χ1n) is 14.6. The first-order valence-corrected chi connectivity index (χ1v) is 23.8. The molecule has 0 bridgehead atoms. The van der Waals surface area contributed by atoms with Gasteiger partial charge in [-0.3, -0.25) is 0 Å². The van der Waals surface area contributed by atoms with Crippen molar-refractivity contribution in [3.63, 3.8) is 0 Å². The van der Waals surface area contributed by atoms with Crippen molar-refractivity contribution in [1.82, 2.24) is 0 Å². The third kappa shape index (κ3) is 9.46. The van der Waals surface area contributed by atoms with E-state index in [1.807, 2.05) is 78.9 Å². The molecule has 0 N–H and O–H groups in total. The molecule has 0 aliphatic rings. The molecule has 0 spiro atoms. The minimum absolute atomic E-state index is 0.203. The monoisotopic (exact) mass is 824 g/mol. The van der Waals surface area contributed by atoms with Gasteiger partial charge >= 0.3 is 140 Å². The Labute approximate surface area is 294 Å². The van der Waals surface area contributed by atoms with Gasteiger partial charge in [0.2, 0.25) is 0 Å². The third-order valence-corrected chi connectivity index (χ3v) is 13.1. The second-order valence-corrected chi connectivity index (χ2v) is 22.8. The van der Waals surface area contributed by atoms with Gasteiger partial charge in [0.15, 0.2) is 0 Å². The number of hydrogen-bond donors (Lipinski definition) is 0. The Morgan fingerprint density at radius 2 is 0.977 bits per heavy atom. The van der Waals surface area contributed by atoms with Crippen LogP contribution in [0.2, 0.25) is 0 Å². The van der Waals surface area contributed by atoms with Crippen LogP contribution in [0.3, 0.4) is 0 Å². The summed E-state index contributed by atoms with van der Waals surface area (Å²) >= 11 is 4.35. The van der Waals surface area contributed by atoms with Gasteiger partial charge in [-0.25, -0.2) is 12.1 Å². The van der Waals surface area contributed by atoms with Gasteiger partial charge in [-0.05, 0) is 10.8 Å². The van der Waals surface area contributed by atoms with Gasteiger partial charge in [-0.15, -0.1) is 39.7 Å². The van der Waals surface area contributed by atoms with Gasteiger partial charge in [0.25, 0.3) is 0 Å². The normalized spacial score (nSPS) is 11.4. The Morgan fingerprint density at radius 3 is 1.27 bits per heavy atom. The Morgan fingerprint density at radius 1 is 0.591 bits per heavy atom. The SMILES string of the molecule is CC(C)(C)c1ccc2c(c1)[cH-]c1cc(C(C)(C)C)ccc12.[Cl][Zr]([Cl])=[C](c1ccc(Br)cc1)c1ccc(Br)cc1.c1cc[cH-]c1. The van der Waals surface area contributed by atoms with E-state index in [0.29, 0.717) is 0 Å². The van der Waals surface area contributed by atoms with E-state index in [0.717, 1.165) is 23.3 Å². The Bertz CT molecular complexity index is 1700. The zero-order valence-electron chi connectivity index (χ0n) is 26.1. The zero-order chi connectivity index (χ0) is 32.1. The largest absolute Gasteiger partial charge is 0.214 e. The quantitative estimate of drug-likeness (QED) is 0.153. The maximum absolute atomic E-state index is 6.29. The maximum atomic E-state index is 6.29. The number of benzene rings is 4. The number of halogens is 4. The summed E-state index contributed by atoms with van der Waals surface area (Å²) < 4.78 is 3.21. The van der Waals surface area contributed by atoms with Crippen LogP contribution < -0.4 is 0 Å². The second kappa shape index (κ2) is 15.3. The van der Waals surface area contributed by atoms with Crippen LogP contribution >= 0.6 is 48.9 Å². The Kier molecular flexibility index (Phi) is 12.3.